The fraction of sp³-hybridized carbons (Fsp3) is 0.143. The summed E-state index contributed by atoms with van der Waals surface area (Å²) in [5, 5.41) is 2.79. The van der Waals surface area contributed by atoms with E-state index in [2.05, 4.69) is 5.32 Å². The van der Waals surface area contributed by atoms with Crippen LogP contribution in [0.5, 0.6) is 0 Å². The molecule has 0 aliphatic heterocycles. The molecule has 1 aromatic heterocycles. The molecule has 1 N–H and O–H groups in total. The molecule has 92 valence electrons. The Balaban J connectivity index is 2.16. The van der Waals surface area contributed by atoms with Crippen molar-refractivity contribution in [3.63, 3.8) is 0 Å². The van der Waals surface area contributed by atoms with Gasteiger partial charge in [-0.25, -0.2) is 0 Å². The molecular weight excluding hydrogens is 246 g/mol. The van der Waals surface area contributed by atoms with E-state index in [0.717, 1.165) is 4.88 Å². The first-order valence-electron chi connectivity index (χ1n) is 5.55. The van der Waals surface area contributed by atoms with Crippen molar-refractivity contribution in [2.24, 2.45) is 0 Å². The third-order valence-electron chi connectivity index (χ3n) is 2.49. The highest BCUT2D eigenvalue weighted by atomic mass is 32.1. The molecule has 1 heterocycles. The van der Waals surface area contributed by atoms with Crippen molar-refractivity contribution in [3.8, 4) is 0 Å². The minimum Gasteiger partial charge on any atom is -0.321 e. The van der Waals surface area contributed by atoms with Crippen LogP contribution in [0.2, 0.25) is 0 Å². The first-order chi connectivity index (χ1) is 8.56. The highest BCUT2D eigenvalue weighted by Crippen LogP contribution is 2.18. The maximum Gasteiger partial charge on any atom is 0.265 e. The number of thiophene rings is 1. The molecule has 0 atom stereocenters. The third kappa shape index (κ3) is 2.84. The second kappa shape index (κ2) is 5.14. The van der Waals surface area contributed by atoms with Crippen LogP contribution in [0, 0.1) is 6.92 Å². The molecule has 0 aliphatic carbocycles. The summed E-state index contributed by atoms with van der Waals surface area (Å²) in [5.74, 6) is -0.160. The second-order valence-corrected chi connectivity index (χ2v) is 5.29. The summed E-state index contributed by atoms with van der Waals surface area (Å²) in [6, 6.07) is 10.6. The van der Waals surface area contributed by atoms with Gasteiger partial charge in [-0.15, -0.1) is 11.3 Å². The number of benzene rings is 1. The molecule has 0 saturated heterocycles. The van der Waals surface area contributed by atoms with Crippen LogP contribution in [0.4, 0.5) is 5.69 Å². The van der Waals surface area contributed by atoms with E-state index in [-0.39, 0.29) is 11.7 Å². The van der Waals surface area contributed by atoms with E-state index in [1.54, 1.807) is 30.3 Å². The van der Waals surface area contributed by atoms with Crippen LogP contribution in [0.15, 0.2) is 36.4 Å². The molecule has 0 saturated carbocycles. The number of ketones is 1. The van der Waals surface area contributed by atoms with Crippen molar-refractivity contribution in [1.82, 2.24) is 0 Å². The van der Waals surface area contributed by atoms with E-state index in [1.165, 1.54) is 18.3 Å². The fourth-order valence-electron chi connectivity index (χ4n) is 1.57. The number of carbonyl (C=O) groups is 2. The second-order valence-electron chi connectivity index (χ2n) is 4.00. The summed E-state index contributed by atoms with van der Waals surface area (Å²) in [7, 11) is 0. The van der Waals surface area contributed by atoms with Gasteiger partial charge >= 0.3 is 0 Å². The van der Waals surface area contributed by atoms with Gasteiger partial charge in [0.15, 0.2) is 5.78 Å². The highest BCUT2D eigenvalue weighted by Gasteiger charge is 2.09. The van der Waals surface area contributed by atoms with E-state index >= 15 is 0 Å². The Kier molecular flexibility index (Phi) is 3.58. The third-order valence-corrected chi connectivity index (χ3v) is 3.49. The molecule has 0 bridgehead atoms. The number of aryl methyl sites for hydroxylation is 1. The van der Waals surface area contributed by atoms with E-state index < -0.39 is 0 Å². The zero-order valence-electron chi connectivity index (χ0n) is 10.2. The number of Topliss-reactive ketones (excluding diaryl/α,β-unsaturated/α-hetero) is 1. The summed E-state index contributed by atoms with van der Waals surface area (Å²) < 4.78 is 0. The summed E-state index contributed by atoms with van der Waals surface area (Å²) in [5.41, 5.74) is 1.23. The average Bonchev–Trinajstić information content (AvgIpc) is 2.76. The van der Waals surface area contributed by atoms with Crippen LogP contribution in [-0.2, 0) is 0 Å². The summed E-state index contributed by atoms with van der Waals surface area (Å²) in [6.07, 6.45) is 0. The number of anilines is 1. The number of amides is 1. The zero-order chi connectivity index (χ0) is 13.1. The fourth-order valence-corrected chi connectivity index (χ4v) is 2.33. The van der Waals surface area contributed by atoms with Crippen molar-refractivity contribution in [2.75, 3.05) is 5.32 Å². The van der Waals surface area contributed by atoms with Gasteiger partial charge < -0.3 is 5.32 Å². The van der Waals surface area contributed by atoms with Crippen LogP contribution in [-0.4, -0.2) is 11.7 Å². The largest absolute Gasteiger partial charge is 0.321 e. The molecule has 0 unspecified atom stereocenters. The van der Waals surface area contributed by atoms with Crippen molar-refractivity contribution >= 4 is 28.7 Å². The smallest absolute Gasteiger partial charge is 0.265 e. The van der Waals surface area contributed by atoms with Gasteiger partial charge in [-0.1, -0.05) is 12.1 Å². The maximum absolute atomic E-state index is 11.9. The van der Waals surface area contributed by atoms with Gasteiger partial charge in [0.05, 0.1) is 4.88 Å². The van der Waals surface area contributed by atoms with Crippen LogP contribution in [0.25, 0.3) is 0 Å². The van der Waals surface area contributed by atoms with Crippen molar-refractivity contribution < 1.29 is 9.59 Å². The Bertz CT molecular complexity index is 601. The molecule has 0 fully saturated rings. The lowest BCUT2D eigenvalue weighted by Crippen LogP contribution is -2.10. The van der Waals surface area contributed by atoms with Gasteiger partial charge in [0.1, 0.15) is 0 Å². The number of hydrogen-bond acceptors (Lipinski definition) is 3. The summed E-state index contributed by atoms with van der Waals surface area (Å²) >= 11 is 1.45. The first kappa shape index (κ1) is 12.5. The van der Waals surface area contributed by atoms with E-state index in [9.17, 15) is 9.59 Å². The molecule has 0 radical (unpaired) electrons. The molecule has 0 spiro atoms. The van der Waals surface area contributed by atoms with Crippen molar-refractivity contribution in [1.29, 1.82) is 0 Å². The molecule has 0 aliphatic rings. The molecule has 1 amide bonds. The van der Waals surface area contributed by atoms with Gasteiger partial charge in [0.2, 0.25) is 0 Å². The molecule has 2 aromatic rings. The number of rotatable bonds is 3. The number of carbonyl (C=O) groups excluding carboxylic acids is 2. The standard InChI is InChI=1S/C14H13NO2S/c1-9-6-7-13(18-9)14(17)15-12-5-3-4-11(8-12)10(2)16/h3-8H,1-2H3,(H,15,17). The summed E-state index contributed by atoms with van der Waals surface area (Å²) in [4.78, 5) is 24.9. The Morgan fingerprint density at radius 3 is 2.56 bits per heavy atom. The quantitative estimate of drug-likeness (QED) is 0.857. The SMILES string of the molecule is CC(=O)c1cccc(NC(=O)c2ccc(C)s2)c1. The van der Waals surface area contributed by atoms with Crippen LogP contribution >= 0.6 is 11.3 Å². The first-order valence-corrected chi connectivity index (χ1v) is 6.37. The van der Waals surface area contributed by atoms with Gasteiger partial charge in [0.25, 0.3) is 5.91 Å². The maximum atomic E-state index is 11.9. The van der Waals surface area contributed by atoms with Gasteiger partial charge in [0, 0.05) is 16.1 Å². The Hall–Kier alpha value is -1.94. The van der Waals surface area contributed by atoms with Gasteiger partial charge in [-0.3, -0.25) is 9.59 Å². The van der Waals surface area contributed by atoms with E-state index in [1.807, 2.05) is 13.0 Å². The van der Waals surface area contributed by atoms with Crippen molar-refractivity contribution in [3.05, 3.63) is 51.7 Å². The Labute approximate surface area is 109 Å². The van der Waals surface area contributed by atoms with Crippen LogP contribution in [0.3, 0.4) is 0 Å². The lowest BCUT2D eigenvalue weighted by Gasteiger charge is -2.04. The Morgan fingerprint density at radius 2 is 1.94 bits per heavy atom. The van der Waals surface area contributed by atoms with Gasteiger partial charge in [-0.05, 0) is 38.1 Å². The molecular formula is C14H13NO2S. The minimum absolute atomic E-state index is 0.0157. The van der Waals surface area contributed by atoms with E-state index in [0.29, 0.717) is 16.1 Å². The summed E-state index contributed by atoms with van der Waals surface area (Å²) in [6.45, 7) is 3.46. The van der Waals surface area contributed by atoms with E-state index in [4.69, 9.17) is 0 Å². The zero-order valence-corrected chi connectivity index (χ0v) is 11.0. The predicted octanol–water partition coefficient (Wildman–Crippen LogP) is 3.51. The molecule has 1 aromatic carbocycles. The lowest BCUT2D eigenvalue weighted by atomic mass is 10.1. The molecule has 3 nitrogen and oxygen atoms in total. The predicted molar refractivity (Wildman–Crippen MR) is 73.5 cm³/mol. The minimum atomic E-state index is -0.145. The average molecular weight is 259 g/mol. The number of hydrogen-bond donors (Lipinski definition) is 1. The molecule has 2 rings (SSSR count). The Morgan fingerprint density at radius 1 is 1.17 bits per heavy atom. The monoisotopic (exact) mass is 259 g/mol. The molecule has 18 heavy (non-hydrogen) atoms. The normalized spacial score (nSPS) is 10.1. The lowest BCUT2D eigenvalue weighted by molar-refractivity contribution is 0.101. The number of nitrogens with one attached hydrogen (secondary N) is 1. The van der Waals surface area contributed by atoms with Crippen LogP contribution < -0.4 is 5.32 Å². The highest BCUT2D eigenvalue weighted by molar-refractivity contribution is 7.14. The topological polar surface area (TPSA) is 46.2 Å². The van der Waals surface area contributed by atoms with Gasteiger partial charge in [-0.2, -0.15) is 0 Å². The van der Waals surface area contributed by atoms with Crippen molar-refractivity contribution in [2.45, 2.75) is 13.8 Å². The van der Waals surface area contributed by atoms with Crippen LogP contribution in [0.1, 0.15) is 31.8 Å². The molecule has 4 heteroatoms.